The lowest BCUT2D eigenvalue weighted by atomic mass is 9.99. The number of hydrogen-bond donors (Lipinski definition) is 4. The summed E-state index contributed by atoms with van der Waals surface area (Å²) in [5.41, 5.74) is 9.45. The maximum absolute atomic E-state index is 14.1. The van der Waals surface area contributed by atoms with Gasteiger partial charge in [-0.15, -0.1) is 0 Å². The third kappa shape index (κ3) is 6.61. The van der Waals surface area contributed by atoms with E-state index in [2.05, 4.69) is 10.6 Å². The number of amides is 1. The first kappa shape index (κ1) is 23.9. The molecule has 0 radical (unpaired) electrons. The van der Waals surface area contributed by atoms with Gasteiger partial charge in [-0.3, -0.25) is 9.59 Å². The fourth-order valence-electron chi connectivity index (χ4n) is 3.41. The van der Waals surface area contributed by atoms with E-state index in [1.165, 1.54) is 12.1 Å². The normalized spacial score (nSPS) is 10.6. The third-order valence-electron chi connectivity index (χ3n) is 4.96. The third-order valence-corrected chi connectivity index (χ3v) is 4.96. The molecular formula is C25H26FN3O4. The van der Waals surface area contributed by atoms with Crippen LogP contribution in [-0.4, -0.2) is 37.2 Å². The molecule has 0 aliphatic carbocycles. The van der Waals surface area contributed by atoms with E-state index >= 15 is 0 Å². The highest BCUT2D eigenvalue weighted by atomic mass is 19.1. The zero-order chi connectivity index (χ0) is 23.8. The van der Waals surface area contributed by atoms with Gasteiger partial charge in [0.15, 0.2) is 0 Å². The van der Waals surface area contributed by atoms with Gasteiger partial charge in [-0.05, 0) is 64.7 Å². The van der Waals surface area contributed by atoms with E-state index < -0.39 is 17.7 Å². The number of nitrogens with one attached hydrogen (secondary N) is 2. The Morgan fingerprint density at radius 2 is 1.82 bits per heavy atom. The van der Waals surface area contributed by atoms with Crippen molar-refractivity contribution in [3.05, 3.63) is 83.2 Å². The largest absolute Gasteiger partial charge is 0.481 e. The van der Waals surface area contributed by atoms with Crippen molar-refractivity contribution in [3.63, 3.8) is 0 Å². The minimum Gasteiger partial charge on any atom is -0.481 e. The first-order valence-electron chi connectivity index (χ1n) is 10.4. The highest BCUT2D eigenvalue weighted by Gasteiger charge is 2.14. The van der Waals surface area contributed by atoms with E-state index in [1.54, 1.807) is 49.6 Å². The lowest BCUT2D eigenvalue weighted by molar-refractivity contribution is -0.136. The summed E-state index contributed by atoms with van der Waals surface area (Å²) in [6, 6.07) is 16.4. The smallest absolute Gasteiger partial charge is 0.307 e. The molecule has 0 unspecified atom stereocenters. The maximum Gasteiger partial charge on any atom is 0.307 e. The Morgan fingerprint density at radius 3 is 2.55 bits per heavy atom. The van der Waals surface area contributed by atoms with Crippen molar-refractivity contribution in [1.29, 1.82) is 0 Å². The molecule has 172 valence electrons. The van der Waals surface area contributed by atoms with Crippen LogP contribution in [-0.2, 0) is 22.5 Å². The molecule has 0 bridgehead atoms. The van der Waals surface area contributed by atoms with Crippen molar-refractivity contribution in [1.82, 2.24) is 0 Å². The van der Waals surface area contributed by atoms with Crippen LogP contribution in [0.4, 0.5) is 15.8 Å². The van der Waals surface area contributed by atoms with Crippen molar-refractivity contribution >= 4 is 23.3 Å². The van der Waals surface area contributed by atoms with Gasteiger partial charge in [0.1, 0.15) is 5.82 Å². The van der Waals surface area contributed by atoms with E-state index in [0.717, 1.165) is 0 Å². The molecule has 0 aliphatic heterocycles. The van der Waals surface area contributed by atoms with Crippen LogP contribution >= 0.6 is 0 Å². The highest BCUT2D eigenvalue weighted by molar-refractivity contribution is 6.06. The molecule has 1 amide bonds. The molecule has 0 heterocycles. The summed E-state index contributed by atoms with van der Waals surface area (Å²) in [4.78, 5) is 24.3. The number of hydrogen-bond acceptors (Lipinski definition) is 5. The number of methoxy groups -OCH3 is 1. The minimum atomic E-state index is -0.995. The van der Waals surface area contributed by atoms with Crippen molar-refractivity contribution in [2.75, 3.05) is 30.9 Å². The second-order valence-electron chi connectivity index (χ2n) is 7.45. The van der Waals surface area contributed by atoms with E-state index in [9.17, 15) is 14.0 Å². The monoisotopic (exact) mass is 451 g/mol. The molecule has 3 rings (SSSR count). The zero-order valence-electron chi connectivity index (χ0n) is 18.2. The number of para-hydroxylation sites is 1. The van der Waals surface area contributed by atoms with Crippen molar-refractivity contribution in [3.8, 4) is 11.1 Å². The molecule has 8 heteroatoms. The van der Waals surface area contributed by atoms with Crippen LogP contribution in [0.1, 0.15) is 21.5 Å². The number of carbonyl (C=O) groups is 2. The van der Waals surface area contributed by atoms with Gasteiger partial charge >= 0.3 is 5.97 Å². The van der Waals surface area contributed by atoms with Crippen LogP contribution in [0.3, 0.4) is 0 Å². The summed E-state index contributed by atoms with van der Waals surface area (Å²) in [6.45, 7) is 1.16. The van der Waals surface area contributed by atoms with Crippen molar-refractivity contribution in [2.24, 2.45) is 5.73 Å². The van der Waals surface area contributed by atoms with Crippen molar-refractivity contribution in [2.45, 2.75) is 13.0 Å². The first-order valence-corrected chi connectivity index (χ1v) is 10.4. The predicted molar refractivity (Wildman–Crippen MR) is 126 cm³/mol. The van der Waals surface area contributed by atoms with Crippen LogP contribution in [0, 0.1) is 5.82 Å². The lowest BCUT2D eigenvalue weighted by Crippen LogP contribution is -2.15. The number of benzene rings is 3. The number of carboxylic acids is 1. The van der Waals surface area contributed by atoms with Gasteiger partial charge in [-0.25, -0.2) is 4.39 Å². The number of anilines is 2. The summed E-state index contributed by atoms with van der Waals surface area (Å²) in [6.07, 6.45) is -0.217. The highest BCUT2D eigenvalue weighted by Crippen LogP contribution is 2.28. The van der Waals surface area contributed by atoms with Gasteiger partial charge < -0.3 is 26.2 Å². The molecule has 0 aliphatic rings. The second kappa shape index (κ2) is 11.2. The summed E-state index contributed by atoms with van der Waals surface area (Å²) in [5.74, 6) is -1.83. The lowest BCUT2D eigenvalue weighted by Gasteiger charge is -2.14. The van der Waals surface area contributed by atoms with Gasteiger partial charge in [0, 0.05) is 37.1 Å². The summed E-state index contributed by atoms with van der Waals surface area (Å²) >= 11 is 0. The molecule has 7 nitrogen and oxygen atoms in total. The predicted octanol–water partition coefficient (Wildman–Crippen LogP) is 3.89. The molecule has 3 aromatic rings. The van der Waals surface area contributed by atoms with E-state index in [-0.39, 0.29) is 13.0 Å². The maximum atomic E-state index is 14.1. The Balaban J connectivity index is 1.98. The molecule has 0 saturated carbocycles. The summed E-state index contributed by atoms with van der Waals surface area (Å²) in [5, 5.41) is 15.1. The Kier molecular flexibility index (Phi) is 8.12. The molecule has 3 aromatic carbocycles. The van der Waals surface area contributed by atoms with E-state index in [0.29, 0.717) is 52.3 Å². The Morgan fingerprint density at radius 1 is 1.06 bits per heavy atom. The minimum absolute atomic E-state index is 0.185. The van der Waals surface area contributed by atoms with Crippen LogP contribution < -0.4 is 16.4 Å². The van der Waals surface area contributed by atoms with Gasteiger partial charge in [-0.1, -0.05) is 18.2 Å². The molecule has 0 aromatic heterocycles. The van der Waals surface area contributed by atoms with Gasteiger partial charge in [0.25, 0.3) is 5.91 Å². The topological polar surface area (TPSA) is 114 Å². The Hall–Kier alpha value is -3.75. The Bertz CT molecular complexity index is 1150. The van der Waals surface area contributed by atoms with E-state index in [1.807, 2.05) is 6.07 Å². The number of aliphatic carboxylic acids is 1. The second-order valence-corrected chi connectivity index (χ2v) is 7.45. The van der Waals surface area contributed by atoms with Crippen LogP contribution in [0.25, 0.3) is 11.1 Å². The van der Waals surface area contributed by atoms with Gasteiger partial charge in [0.05, 0.1) is 13.0 Å². The van der Waals surface area contributed by atoms with Gasteiger partial charge in [0.2, 0.25) is 0 Å². The molecular weight excluding hydrogens is 425 g/mol. The molecule has 0 atom stereocenters. The number of ether oxygens (including phenoxy) is 1. The van der Waals surface area contributed by atoms with Crippen LogP contribution in [0.2, 0.25) is 0 Å². The summed E-state index contributed by atoms with van der Waals surface area (Å²) in [7, 11) is 1.59. The Labute approximate surface area is 191 Å². The fourth-order valence-corrected chi connectivity index (χ4v) is 3.41. The number of rotatable bonds is 10. The van der Waals surface area contributed by atoms with Crippen LogP contribution in [0.15, 0.2) is 60.7 Å². The standard InChI is InChI=1S/C25H26FN3O4/c1-33-7-6-28-22-12-19(18-8-16(15-27)9-21(26)11-18)10-20(13-22)25(32)29-23-5-3-2-4-17(23)14-24(30)31/h2-5,8-13,28H,6-7,14-15,27H2,1H3,(H,29,32)(H,30,31). The fraction of sp³-hybridized carbons (Fsp3) is 0.200. The van der Waals surface area contributed by atoms with Crippen LogP contribution in [0.5, 0.6) is 0 Å². The first-order chi connectivity index (χ1) is 15.9. The number of carboxylic acid groups (broad SMARTS) is 1. The zero-order valence-corrected chi connectivity index (χ0v) is 18.2. The van der Waals surface area contributed by atoms with E-state index in [4.69, 9.17) is 15.6 Å². The summed E-state index contributed by atoms with van der Waals surface area (Å²) < 4.78 is 19.2. The number of halogens is 1. The number of carbonyl (C=O) groups excluding carboxylic acids is 1. The SMILES string of the molecule is COCCNc1cc(C(=O)Nc2ccccc2CC(=O)O)cc(-c2cc(F)cc(CN)c2)c1. The van der Waals surface area contributed by atoms with Crippen molar-refractivity contribution < 1.29 is 23.8 Å². The number of nitrogens with two attached hydrogens (primary N) is 1. The molecule has 0 fully saturated rings. The molecule has 5 N–H and O–H groups in total. The average molecular weight is 451 g/mol. The van der Waals surface area contributed by atoms with Gasteiger partial charge in [-0.2, -0.15) is 0 Å². The molecule has 33 heavy (non-hydrogen) atoms. The quantitative estimate of drug-likeness (QED) is 0.348. The average Bonchev–Trinajstić information content (AvgIpc) is 2.79. The molecule has 0 spiro atoms. The molecule has 0 saturated heterocycles.